The summed E-state index contributed by atoms with van der Waals surface area (Å²) in [5.74, 6) is 0.609. The second-order valence-corrected chi connectivity index (χ2v) is 6.50. The van der Waals surface area contributed by atoms with Crippen molar-refractivity contribution in [1.29, 1.82) is 0 Å². The highest BCUT2D eigenvalue weighted by atomic mass is 16.2. The molecule has 3 rings (SSSR count). The van der Waals surface area contributed by atoms with E-state index < -0.39 is 0 Å². The summed E-state index contributed by atoms with van der Waals surface area (Å²) >= 11 is 0. The van der Waals surface area contributed by atoms with Crippen molar-refractivity contribution in [2.24, 2.45) is 0 Å². The summed E-state index contributed by atoms with van der Waals surface area (Å²) in [5.41, 5.74) is 3.31. The van der Waals surface area contributed by atoms with Crippen LogP contribution in [0.2, 0.25) is 0 Å². The van der Waals surface area contributed by atoms with E-state index in [9.17, 15) is 4.79 Å². The molecule has 1 aliphatic heterocycles. The quantitative estimate of drug-likeness (QED) is 0.795. The molecular formula is C21H25NO. The van der Waals surface area contributed by atoms with Gasteiger partial charge in [-0.1, -0.05) is 55.0 Å². The van der Waals surface area contributed by atoms with Crippen LogP contribution in [0.15, 0.2) is 54.6 Å². The Morgan fingerprint density at radius 1 is 1.17 bits per heavy atom. The van der Waals surface area contributed by atoms with E-state index in [1.807, 2.05) is 31.2 Å². The Hall–Kier alpha value is -2.09. The number of hydrogen-bond donors (Lipinski definition) is 0. The highest BCUT2D eigenvalue weighted by molar-refractivity contribution is 5.94. The van der Waals surface area contributed by atoms with Gasteiger partial charge in [0.1, 0.15) is 0 Å². The van der Waals surface area contributed by atoms with Crippen molar-refractivity contribution in [3.8, 4) is 0 Å². The Balaban J connectivity index is 1.86. The lowest BCUT2D eigenvalue weighted by Crippen LogP contribution is -2.39. The van der Waals surface area contributed by atoms with Crippen molar-refractivity contribution < 1.29 is 4.79 Å². The van der Waals surface area contributed by atoms with Gasteiger partial charge in [-0.2, -0.15) is 0 Å². The molecule has 0 N–H and O–H groups in total. The smallest absolute Gasteiger partial charge is 0.254 e. The summed E-state index contributed by atoms with van der Waals surface area (Å²) in [7, 11) is 0. The maximum atomic E-state index is 13.0. The van der Waals surface area contributed by atoms with Gasteiger partial charge in [-0.3, -0.25) is 4.79 Å². The molecule has 0 saturated carbocycles. The van der Waals surface area contributed by atoms with Crippen LogP contribution in [-0.2, 0) is 0 Å². The number of hydrogen-bond acceptors (Lipinski definition) is 1. The lowest BCUT2D eigenvalue weighted by atomic mass is 9.87. The van der Waals surface area contributed by atoms with Crippen molar-refractivity contribution in [3.63, 3.8) is 0 Å². The largest absolute Gasteiger partial charge is 0.335 e. The van der Waals surface area contributed by atoms with Gasteiger partial charge in [-0.05, 0) is 43.9 Å². The Morgan fingerprint density at radius 2 is 1.96 bits per heavy atom. The first-order valence-corrected chi connectivity index (χ1v) is 8.63. The monoisotopic (exact) mass is 307 g/mol. The lowest BCUT2D eigenvalue weighted by Gasteiger charge is -2.32. The molecule has 0 radical (unpaired) electrons. The van der Waals surface area contributed by atoms with E-state index in [4.69, 9.17) is 0 Å². The number of carbonyl (C=O) groups excluding carboxylic acids is 1. The van der Waals surface area contributed by atoms with Crippen LogP contribution in [0, 0.1) is 6.92 Å². The van der Waals surface area contributed by atoms with Crippen molar-refractivity contribution in [3.05, 3.63) is 71.3 Å². The first kappa shape index (κ1) is 15.8. The van der Waals surface area contributed by atoms with Gasteiger partial charge in [-0.25, -0.2) is 0 Å². The fraction of sp³-hybridized carbons (Fsp3) is 0.381. The average Bonchev–Trinajstić information content (AvgIpc) is 3.05. The van der Waals surface area contributed by atoms with Gasteiger partial charge < -0.3 is 4.90 Å². The summed E-state index contributed by atoms with van der Waals surface area (Å²) in [4.78, 5) is 15.1. The fourth-order valence-electron chi connectivity index (χ4n) is 3.84. The minimum atomic E-state index is 0.186. The van der Waals surface area contributed by atoms with Crippen molar-refractivity contribution in [2.45, 2.75) is 45.1 Å². The number of carbonyl (C=O) groups is 1. The summed E-state index contributed by atoms with van der Waals surface area (Å²) in [6, 6.07) is 18.9. The van der Waals surface area contributed by atoms with Crippen LogP contribution >= 0.6 is 0 Å². The molecular weight excluding hydrogens is 282 g/mol. The molecule has 2 heteroatoms. The number of aryl methyl sites for hydroxylation is 1. The molecule has 2 aromatic rings. The molecule has 0 spiro atoms. The highest BCUT2D eigenvalue weighted by Gasteiger charge is 2.34. The maximum absolute atomic E-state index is 13.0. The predicted octanol–water partition coefficient (Wildman–Crippen LogP) is 4.79. The summed E-state index contributed by atoms with van der Waals surface area (Å²) in [6.45, 7) is 5.14. The third-order valence-electron chi connectivity index (χ3n) is 4.96. The second-order valence-electron chi connectivity index (χ2n) is 6.50. The number of likely N-dealkylation sites (tertiary alicyclic amines) is 1. The molecule has 1 saturated heterocycles. The standard InChI is InChI=1S/C21H25NO/c1-3-19(17-10-5-4-6-11-17)20-13-8-14-22(20)21(23)18-12-7-9-16(2)15-18/h4-7,9-12,15,19-20H,3,8,13-14H2,1-2H3/t19-,20+/m1/s1. The van der Waals surface area contributed by atoms with E-state index in [-0.39, 0.29) is 5.91 Å². The van der Waals surface area contributed by atoms with E-state index >= 15 is 0 Å². The Kier molecular flexibility index (Phi) is 4.80. The van der Waals surface area contributed by atoms with Gasteiger partial charge >= 0.3 is 0 Å². The van der Waals surface area contributed by atoms with E-state index in [0.29, 0.717) is 12.0 Å². The molecule has 1 amide bonds. The van der Waals surface area contributed by atoms with Crippen molar-refractivity contribution >= 4 is 5.91 Å². The molecule has 0 unspecified atom stereocenters. The summed E-state index contributed by atoms with van der Waals surface area (Å²) < 4.78 is 0. The zero-order valence-corrected chi connectivity index (χ0v) is 14.0. The van der Waals surface area contributed by atoms with Gasteiger partial charge in [0.2, 0.25) is 0 Å². The Morgan fingerprint density at radius 3 is 2.65 bits per heavy atom. The third-order valence-corrected chi connectivity index (χ3v) is 4.96. The molecule has 2 aromatic carbocycles. The molecule has 120 valence electrons. The molecule has 1 aliphatic rings. The van der Waals surface area contributed by atoms with Crippen molar-refractivity contribution in [2.75, 3.05) is 6.54 Å². The average molecular weight is 307 g/mol. The van der Waals surface area contributed by atoms with Crippen LogP contribution in [0.3, 0.4) is 0 Å². The molecule has 0 aromatic heterocycles. The maximum Gasteiger partial charge on any atom is 0.254 e. The van der Waals surface area contributed by atoms with E-state index in [2.05, 4.69) is 42.2 Å². The van der Waals surface area contributed by atoms with Crippen LogP contribution in [-0.4, -0.2) is 23.4 Å². The zero-order valence-electron chi connectivity index (χ0n) is 14.0. The molecule has 1 fully saturated rings. The zero-order chi connectivity index (χ0) is 16.2. The normalized spacial score (nSPS) is 18.9. The van der Waals surface area contributed by atoms with Gasteiger partial charge in [0.05, 0.1) is 0 Å². The van der Waals surface area contributed by atoms with Gasteiger partial charge in [0.25, 0.3) is 5.91 Å². The van der Waals surface area contributed by atoms with Gasteiger partial charge in [0.15, 0.2) is 0 Å². The molecule has 2 atom stereocenters. The summed E-state index contributed by atoms with van der Waals surface area (Å²) in [5, 5.41) is 0. The Bertz CT molecular complexity index is 665. The lowest BCUT2D eigenvalue weighted by molar-refractivity contribution is 0.0714. The van der Waals surface area contributed by atoms with Crippen LogP contribution in [0.5, 0.6) is 0 Å². The van der Waals surface area contributed by atoms with Crippen molar-refractivity contribution in [1.82, 2.24) is 4.90 Å². The first-order valence-electron chi connectivity index (χ1n) is 8.63. The number of rotatable bonds is 4. The minimum absolute atomic E-state index is 0.186. The van der Waals surface area contributed by atoms with E-state index in [1.54, 1.807) is 0 Å². The topological polar surface area (TPSA) is 20.3 Å². The van der Waals surface area contributed by atoms with Crippen LogP contribution in [0.1, 0.15) is 53.6 Å². The van der Waals surface area contributed by atoms with Crippen LogP contribution in [0.25, 0.3) is 0 Å². The predicted molar refractivity (Wildman–Crippen MR) is 94.7 cm³/mol. The van der Waals surface area contributed by atoms with Gasteiger partial charge in [0, 0.05) is 24.1 Å². The SMILES string of the molecule is CC[C@H](c1ccccc1)[C@@H]1CCCN1C(=O)c1cccc(C)c1. The van der Waals surface area contributed by atoms with E-state index in [1.165, 1.54) is 5.56 Å². The highest BCUT2D eigenvalue weighted by Crippen LogP contribution is 2.34. The number of benzene rings is 2. The molecule has 0 aliphatic carbocycles. The third kappa shape index (κ3) is 3.31. The van der Waals surface area contributed by atoms with Crippen LogP contribution < -0.4 is 0 Å². The Labute approximate surface area is 139 Å². The van der Waals surface area contributed by atoms with Gasteiger partial charge in [-0.15, -0.1) is 0 Å². The second kappa shape index (κ2) is 6.99. The summed E-state index contributed by atoms with van der Waals surface area (Å²) in [6.07, 6.45) is 3.27. The number of amides is 1. The number of nitrogens with zero attached hydrogens (tertiary/aromatic N) is 1. The first-order chi connectivity index (χ1) is 11.2. The molecule has 0 bridgehead atoms. The minimum Gasteiger partial charge on any atom is -0.335 e. The van der Waals surface area contributed by atoms with Crippen LogP contribution in [0.4, 0.5) is 0 Å². The molecule has 1 heterocycles. The molecule has 2 nitrogen and oxygen atoms in total. The fourth-order valence-corrected chi connectivity index (χ4v) is 3.84. The molecule has 23 heavy (non-hydrogen) atoms. The van der Waals surface area contributed by atoms with E-state index in [0.717, 1.165) is 36.9 Å².